The van der Waals surface area contributed by atoms with E-state index in [1.54, 1.807) is 0 Å². The summed E-state index contributed by atoms with van der Waals surface area (Å²) < 4.78 is 2.37. The molecule has 0 aliphatic carbocycles. The van der Waals surface area contributed by atoms with Crippen LogP contribution in [0.2, 0.25) is 0 Å². The van der Waals surface area contributed by atoms with Crippen LogP contribution in [0.1, 0.15) is 43.0 Å². The molecule has 0 saturated carbocycles. The Morgan fingerprint density at radius 2 is 2.12 bits per heavy atom. The second-order valence-corrected chi connectivity index (χ2v) is 4.48. The van der Waals surface area contributed by atoms with Crippen molar-refractivity contribution in [2.45, 2.75) is 32.7 Å². The van der Waals surface area contributed by atoms with Crippen molar-refractivity contribution in [2.24, 2.45) is 0 Å². The summed E-state index contributed by atoms with van der Waals surface area (Å²) in [5.74, 6) is 1.10. The van der Waals surface area contributed by atoms with Crippen LogP contribution < -0.4 is 5.32 Å². The molecular formula is C14H21N3. The predicted molar refractivity (Wildman–Crippen MR) is 72.9 cm³/mol. The van der Waals surface area contributed by atoms with Crippen molar-refractivity contribution in [3.8, 4) is 0 Å². The fourth-order valence-corrected chi connectivity index (χ4v) is 2.58. The van der Waals surface area contributed by atoms with Crippen LogP contribution in [0.3, 0.4) is 0 Å². The molecule has 0 atom stereocenters. The van der Waals surface area contributed by atoms with Gasteiger partial charge < -0.3 is 9.88 Å². The van der Waals surface area contributed by atoms with Gasteiger partial charge >= 0.3 is 0 Å². The first-order valence-corrected chi connectivity index (χ1v) is 6.32. The maximum absolute atomic E-state index is 4.60. The zero-order chi connectivity index (χ0) is 12.3. The number of nitrogens with zero attached hydrogens (tertiary/aromatic N) is 2. The minimum atomic E-state index is 0.573. The van der Waals surface area contributed by atoms with Gasteiger partial charge in [-0.05, 0) is 51.9 Å². The highest BCUT2D eigenvalue weighted by Crippen LogP contribution is 2.26. The average molecular weight is 231 g/mol. The van der Waals surface area contributed by atoms with E-state index in [0.717, 1.165) is 24.6 Å². The summed E-state index contributed by atoms with van der Waals surface area (Å²) in [6.07, 6.45) is 8.41. The van der Waals surface area contributed by atoms with Gasteiger partial charge in [0.25, 0.3) is 0 Å². The Bertz CT molecular complexity index is 423. The summed E-state index contributed by atoms with van der Waals surface area (Å²) in [4.78, 5) is 4.60. The number of hydrogen-bond acceptors (Lipinski definition) is 2. The molecule has 0 bridgehead atoms. The molecule has 1 N–H and O–H groups in total. The van der Waals surface area contributed by atoms with Crippen LogP contribution in [0, 0.1) is 6.92 Å². The van der Waals surface area contributed by atoms with Crippen molar-refractivity contribution in [1.82, 2.24) is 14.9 Å². The second-order valence-electron chi connectivity index (χ2n) is 4.48. The Hall–Kier alpha value is -1.35. The number of aryl methyl sites for hydroxylation is 1. The van der Waals surface area contributed by atoms with Gasteiger partial charge in [-0.3, -0.25) is 0 Å². The van der Waals surface area contributed by atoms with Gasteiger partial charge in [-0.15, -0.1) is 0 Å². The van der Waals surface area contributed by atoms with E-state index in [2.05, 4.69) is 40.5 Å². The lowest BCUT2D eigenvalue weighted by Crippen LogP contribution is -2.30. The van der Waals surface area contributed by atoms with Crippen molar-refractivity contribution in [1.29, 1.82) is 0 Å². The van der Waals surface area contributed by atoms with E-state index in [1.807, 2.05) is 13.0 Å². The van der Waals surface area contributed by atoms with Gasteiger partial charge in [0.1, 0.15) is 5.82 Å². The third kappa shape index (κ3) is 2.34. The normalized spacial score (nSPS) is 17.8. The molecule has 92 valence electrons. The smallest absolute Gasteiger partial charge is 0.106 e. The zero-order valence-electron chi connectivity index (χ0n) is 10.7. The number of aromatic nitrogens is 2. The third-order valence-electron chi connectivity index (χ3n) is 3.34. The maximum atomic E-state index is 4.60. The summed E-state index contributed by atoms with van der Waals surface area (Å²) in [7, 11) is 0. The van der Waals surface area contributed by atoms with Crippen LogP contribution in [0.4, 0.5) is 0 Å². The van der Waals surface area contributed by atoms with Crippen LogP contribution in [-0.2, 0) is 0 Å². The van der Waals surface area contributed by atoms with Gasteiger partial charge in [0.2, 0.25) is 0 Å². The van der Waals surface area contributed by atoms with Gasteiger partial charge in [0, 0.05) is 6.04 Å². The summed E-state index contributed by atoms with van der Waals surface area (Å²) in [6, 6.07) is 0.573. The van der Waals surface area contributed by atoms with Crippen LogP contribution in [0.5, 0.6) is 0 Å². The fraction of sp³-hybridized carbons (Fsp3) is 0.500. The second kappa shape index (κ2) is 5.32. The van der Waals surface area contributed by atoms with Crippen LogP contribution in [0.25, 0.3) is 12.2 Å². The molecule has 3 heteroatoms. The first-order chi connectivity index (χ1) is 8.27. The van der Waals surface area contributed by atoms with Crippen molar-refractivity contribution in [3.63, 3.8) is 0 Å². The first-order valence-electron chi connectivity index (χ1n) is 6.32. The van der Waals surface area contributed by atoms with E-state index >= 15 is 0 Å². The lowest BCUT2D eigenvalue weighted by molar-refractivity contribution is 0.361. The molecule has 1 aliphatic heterocycles. The lowest BCUT2D eigenvalue weighted by Gasteiger charge is -2.26. The summed E-state index contributed by atoms with van der Waals surface area (Å²) in [5, 5.41) is 3.40. The number of hydrogen-bond donors (Lipinski definition) is 1. The number of piperidine rings is 1. The topological polar surface area (TPSA) is 29.9 Å². The highest BCUT2D eigenvalue weighted by atomic mass is 15.1. The van der Waals surface area contributed by atoms with E-state index in [9.17, 15) is 0 Å². The van der Waals surface area contributed by atoms with E-state index in [1.165, 1.54) is 18.5 Å². The fourth-order valence-electron chi connectivity index (χ4n) is 2.58. The van der Waals surface area contributed by atoms with E-state index in [0.29, 0.717) is 6.04 Å². The van der Waals surface area contributed by atoms with Gasteiger partial charge in [-0.25, -0.2) is 4.98 Å². The Kier molecular flexibility index (Phi) is 3.79. The van der Waals surface area contributed by atoms with Gasteiger partial charge in [0.15, 0.2) is 0 Å². The van der Waals surface area contributed by atoms with E-state index in [4.69, 9.17) is 0 Å². The lowest BCUT2D eigenvalue weighted by atomic mass is 10.1. The molecular weight excluding hydrogens is 210 g/mol. The molecule has 3 nitrogen and oxygen atoms in total. The first kappa shape index (κ1) is 12.1. The summed E-state index contributed by atoms with van der Waals surface area (Å²) >= 11 is 0. The number of allylic oxidation sites excluding steroid dienone is 1. The molecule has 0 amide bonds. The van der Waals surface area contributed by atoms with E-state index in [-0.39, 0.29) is 0 Å². The van der Waals surface area contributed by atoms with Crippen molar-refractivity contribution >= 4 is 12.2 Å². The average Bonchev–Trinajstić information content (AvgIpc) is 2.67. The van der Waals surface area contributed by atoms with Gasteiger partial charge in [0.05, 0.1) is 11.4 Å². The molecule has 0 radical (unpaired) electrons. The Balaban J connectivity index is 2.42. The molecule has 0 spiro atoms. The van der Waals surface area contributed by atoms with Gasteiger partial charge in [-0.2, -0.15) is 0 Å². The number of rotatable bonds is 3. The molecule has 1 aromatic heterocycles. The summed E-state index contributed by atoms with van der Waals surface area (Å²) in [6.45, 7) is 10.2. The largest absolute Gasteiger partial charge is 0.325 e. The van der Waals surface area contributed by atoms with Crippen LogP contribution in [0.15, 0.2) is 12.7 Å². The molecule has 1 fully saturated rings. The highest BCUT2D eigenvalue weighted by Gasteiger charge is 2.20. The van der Waals surface area contributed by atoms with Crippen LogP contribution >= 0.6 is 0 Å². The Morgan fingerprint density at radius 1 is 1.41 bits per heavy atom. The molecule has 17 heavy (non-hydrogen) atoms. The van der Waals surface area contributed by atoms with Gasteiger partial charge in [-0.1, -0.05) is 12.7 Å². The monoisotopic (exact) mass is 231 g/mol. The Labute approximate surface area is 103 Å². The molecule has 0 unspecified atom stereocenters. The van der Waals surface area contributed by atoms with Crippen molar-refractivity contribution in [2.75, 3.05) is 13.1 Å². The standard InChI is InChI=1S/C14H21N3/c1-4-6-14-13(5-2)16-11(3)17(14)12-7-9-15-10-8-12/h4-6,12,15H,2,7-10H2,1,3H3/b6-4-. The SMILES string of the molecule is C=Cc1nc(C)n(C2CCNCC2)c1/C=C\C. The molecule has 0 aromatic carbocycles. The highest BCUT2D eigenvalue weighted by molar-refractivity contribution is 5.59. The molecule has 1 saturated heterocycles. The predicted octanol–water partition coefficient (Wildman–Crippen LogP) is 2.79. The Morgan fingerprint density at radius 3 is 2.71 bits per heavy atom. The minimum absolute atomic E-state index is 0.573. The van der Waals surface area contributed by atoms with E-state index < -0.39 is 0 Å². The zero-order valence-corrected chi connectivity index (χ0v) is 10.7. The molecule has 1 aliphatic rings. The molecule has 2 heterocycles. The van der Waals surface area contributed by atoms with Crippen molar-refractivity contribution < 1.29 is 0 Å². The summed E-state index contributed by atoms with van der Waals surface area (Å²) in [5.41, 5.74) is 2.20. The van der Waals surface area contributed by atoms with Crippen molar-refractivity contribution in [3.05, 3.63) is 29.9 Å². The number of nitrogens with one attached hydrogen (secondary N) is 1. The minimum Gasteiger partial charge on any atom is -0.325 e. The number of imidazole rings is 1. The quantitative estimate of drug-likeness (QED) is 0.867. The maximum Gasteiger partial charge on any atom is 0.106 e. The molecule has 2 rings (SSSR count). The molecule has 1 aromatic rings. The third-order valence-corrected chi connectivity index (χ3v) is 3.34. The van der Waals surface area contributed by atoms with Crippen LogP contribution in [-0.4, -0.2) is 22.6 Å².